The Morgan fingerprint density at radius 3 is 2.65 bits per heavy atom. The average molecular weight is 234 g/mol. The van der Waals surface area contributed by atoms with E-state index in [0.29, 0.717) is 5.92 Å². The number of hydrogen-bond donors (Lipinski definition) is 1. The smallest absolute Gasteiger partial charge is 0.0423 e. The minimum atomic E-state index is 0.629. The third-order valence-electron chi connectivity index (χ3n) is 4.60. The van der Waals surface area contributed by atoms with Gasteiger partial charge in [-0.05, 0) is 50.5 Å². The Kier molecular flexibility index (Phi) is 3.90. The Bertz CT molecular complexity index is 339. The molecule has 2 atom stereocenters. The number of hydrogen-bond acceptors (Lipinski definition) is 2. The number of allylic oxidation sites excluding steroid dienone is 2. The second kappa shape index (κ2) is 5.24. The van der Waals surface area contributed by atoms with Gasteiger partial charge in [0.05, 0.1) is 0 Å². The first-order valence-electron chi connectivity index (χ1n) is 7.09. The molecule has 0 bridgehead atoms. The van der Waals surface area contributed by atoms with E-state index in [1.54, 1.807) is 5.57 Å². The molecule has 2 rings (SSSR count). The van der Waals surface area contributed by atoms with E-state index in [0.717, 1.165) is 11.8 Å². The second-order valence-electron chi connectivity index (χ2n) is 6.04. The first kappa shape index (κ1) is 12.7. The number of nitrogens with one attached hydrogen (secondary N) is 1. The zero-order valence-electron chi connectivity index (χ0n) is 11.7. The summed E-state index contributed by atoms with van der Waals surface area (Å²) in [6.45, 7) is 9.10. The molecule has 2 heteroatoms. The summed E-state index contributed by atoms with van der Waals surface area (Å²) in [5.41, 5.74) is 7.41. The molecule has 2 aliphatic rings. The number of nitrogens with zero attached hydrogens (tertiary/aromatic N) is 1. The highest BCUT2D eigenvalue weighted by Gasteiger charge is 2.27. The van der Waals surface area contributed by atoms with Crippen LogP contribution >= 0.6 is 0 Å². The van der Waals surface area contributed by atoms with Crippen molar-refractivity contribution in [3.8, 4) is 0 Å². The molecule has 96 valence electrons. The summed E-state index contributed by atoms with van der Waals surface area (Å²) in [5, 5.41) is 4.43. The molecular formula is C15H26N2. The van der Waals surface area contributed by atoms with E-state index in [4.69, 9.17) is 0 Å². The van der Waals surface area contributed by atoms with Crippen molar-refractivity contribution < 1.29 is 0 Å². The molecule has 1 heterocycles. The van der Waals surface area contributed by atoms with Gasteiger partial charge in [-0.25, -0.2) is 0 Å². The first-order valence-corrected chi connectivity index (χ1v) is 7.09. The molecule has 0 aromatic rings. The fourth-order valence-corrected chi connectivity index (χ4v) is 3.32. The summed E-state index contributed by atoms with van der Waals surface area (Å²) < 4.78 is 0. The quantitative estimate of drug-likeness (QED) is 0.726. The van der Waals surface area contributed by atoms with E-state index in [9.17, 15) is 0 Å². The molecular weight excluding hydrogens is 208 g/mol. The third-order valence-corrected chi connectivity index (χ3v) is 4.60. The average Bonchev–Trinajstić information content (AvgIpc) is 2.23. The molecule has 1 N–H and O–H groups in total. The van der Waals surface area contributed by atoms with Crippen LogP contribution in [0.2, 0.25) is 0 Å². The summed E-state index contributed by atoms with van der Waals surface area (Å²) in [4.78, 5) is 0. The van der Waals surface area contributed by atoms with Crippen molar-refractivity contribution in [2.24, 2.45) is 22.9 Å². The van der Waals surface area contributed by atoms with Gasteiger partial charge in [0.2, 0.25) is 0 Å². The maximum Gasteiger partial charge on any atom is 0.0423 e. The van der Waals surface area contributed by atoms with Gasteiger partial charge in [0, 0.05) is 17.3 Å². The zero-order chi connectivity index (χ0) is 12.4. The van der Waals surface area contributed by atoms with Gasteiger partial charge in [-0.2, -0.15) is 5.10 Å². The summed E-state index contributed by atoms with van der Waals surface area (Å²) in [6, 6.07) is 0. The van der Waals surface area contributed by atoms with Crippen LogP contribution in [0.3, 0.4) is 0 Å². The van der Waals surface area contributed by atoms with E-state index < -0.39 is 0 Å². The molecule has 0 aromatic carbocycles. The van der Waals surface area contributed by atoms with Crippen LogP contribution in [0.25, 0.3) is 0 Å². The van der Waals surface area contributed by atoms with Crippen LogP contribution in [0.5, 0.6) is 0 Å². The van der Waals surface area contributed by atoms with Crippen LogP contribution < -0.4 is 5.43 Å². The molecule has 0 amide bonds. The van der Waals surface area contributed by atoms with E-state index in [-0.39, 0.29) is 0 Å². The van der Waals surface area contributed by atoms with Crippen LogP contribution in [0.1, 0.15) is 59.8 Å². The molecule has 1 aliphatic heterocycles. The molecule has 1 fully saturated rings. The van der Waals surface area contributed by atoms with Gasteiger partial charge < -0.3 is 0 Å². The van der Waals surface area contributed by atoms with Crippen molar-refractivity contribution in [2.45, 2.75) is 59.8 Å². The minimum Gasteiger partial charge on any atom is -0.283 e. The van der Waals surface area contributed by atoms with Crippen LogP contribution in [0.15, 0.2) is 16.4 Å². The van der Waals surface area contributed by atoms with Crippen LogP contribution in [0.4, 0.5) is 0 Å². The third kappa shape index (κ3) is 2.72. The molecule has 2 nitrogen and oxygen atoms in total. The van der Waals surface area contributed by atoms with Gasteiger partial charge in [-0.1, -0.05) is 26.7 Å². The monoisotopic (exact) mass is 234 g/mol. The number of fused-ring (bicyclic) bond motifs is 1. The topological polar surface area (TPSA) is 24.4 Å². The van der Waals surface area contributed by atoms with Crippen molar-refractivity contribution in [1.29, 1.82) is 0 Å². The van der Waals surface area contributed by atoms with Crippen molar-refractivity contribution in [3.63, 3.8) is 0 Å². The largest absolute Gasteiger partial charge is 0.283 e. The Hall–Kier alpha value is -0.790. The highest BCUT2D eigenvalue weighted by atomic mass is 15.3. The minimum absolute atomic E-state index is 0.629. The summed E-state index contributed by atoms with van der Waals surface area (Å²) in [7, 11) is 0. The SMILES string of the molecule is CC1=NNC(C)=C2CCC(C(C)C)CCCC12. The molecule has 0 radical (unpaired) electrons. The standard InChI is InChI=1S/C15H26N2/c1-10(2)13-6-5-7-14-11(3)16-17-12(4)15(14)9-8-13/h10,13-14,17H,5-9H2,1-4H3. The van der Waals surface area contributed by atoms with Crippen molar-refractivity contribution >= 4 is 5.71 Å². The van der Waals surface area contributed by atoms with Crippen LogP contribution in [-0.4, -0.2) is 5.71 Å². The molecule has 1 aliphatic carbocycles. The fourth-order valence-electron chi connectivity index (χ4n) is 3.32. The van der Waals surface area contributed by atoms with Gasteiger partial charge >= 0.3 is 0 Å². The van der Waals surface area contributed by atoms with Gasteiger partial charge in [0.25, 0.3) is 0 Å². The highest BCUT2D eigenvalue weighted by Crippen LogP contribution is 2.36. The molecule has 0 saturated heterocycles. The van der Waals surface area contributed by atoms with Gasteiger partial charge in [0.1, 0.15) is 0 Å². The maximum atomic E-state index is 4.43. The van der Waals surface area contributed by atoms with Crippen molar-refractivity contribution in [1.82, 2.24) is 5.43 Å². The normalized spacial score (nSPS) is 30.3. The van der Waals surface area contributed by atoms with E-state index in [1.165, 1.54) is 43.5 Å². The second-order valence-corrected chi connectivity index (χ2v) is 6.04. The summed E-state index contributed by atoms with van der Waals surface area (Å²) in [6.07, 6.45) is 6.68. The summed E-state index contributed by atoms with van der Waals surface area (Å²) in [5.74, 6) is 2.37. The number of rotatable bonds is 1. The molecule has 2 unspecified atom stereocenters. The molecule has 0 aromatic heterocycles. The lowest BCUT2D eigenvalue weighted by Crippen LogP contribution is -2.28. The van der Waals surface area contributed by atoms with Crippen molar-refractivity contribution in [3.05, 3.63) is 11.3 Å². The predicted octanol–water partition coefficient (Wildman–Crippen LogP) is 4.09. The Balaban J connectivity index is 2.13. The van der Waals surface area contributed by atoms with Crippen LogP contribution in [-0.2, 0) is 0 Å². The maximum absolute atomic E-state index is 4.43. The van der Waals surface area contributed by atoms with Gasteiger partial charge in [-0.15, -0.1) is 0 Å². The highest BCUT2D eigenvalue weighted by molar-refractivity contribution is 5.87. The fraction of sp³-hybridized carbons (Fsp3) is 0.800. The Morgan fingerprint density at radius 1 is 1.18 bits per heavy atom. The van der Waals surface area contributed by atoms with E-state index in [1.807, 2.05) is 0 Å². The van der Waals surface area contributed by atoms with E-state index >= 15 is 0 Å². The molecule has 0 spiro atoms. The van der Waals surface area contributed by atoms with Crippen molar-refractivity contribution in [2.75, 3.05) is 0 Å². The zero-order valence-corrected chi connectivity index (χ0v) is 11.7. The lowest BCUT2D eigenvalue weighted by Gasteiger charge is -2.32. The Morgan fingerprint density at radius 2 is 1.94 bits per heavy atom. The van der Waals surface area contributed by atoms with Gasteiger partial charge in [0.15, 0.2) is 0 Å². The Labute approximate surface area is 106 Å². The van der Waals surface area contributed by atoms with E-state index in [2.05, 4.69) is 38.2 Å². The molecule has 17 heavy (non-hydrogen) atoms. The lowest BCUT2D eigenvalue weighted by atomic mass is 9.76. The summed E-state index contributed by atoms with van der Waals surface area (Å²) >= 11 is 0. The van der Waals surface area contributed by atoms with Gasteiger partial charge in [-0.3, -0.25) is 5.43 Å². The first-order chi connectivity index (χ1) is 8.09. The van der Waals surface area contributed by atoms with Crippen LogP contribution in [0, 0.1) is 17.8 Å². The number of hydrazone groups is 1. The molecule has 1 saturated carbocycles. The predicted molar refractivity (Wildman–Crippen MR) is 73.8 cm³/mol. The lowest BCUT2D eigenvalue weighted by molar-refractivity contribution is 0.306.